The van der Waals surface area contributed by atoms with E-state index in [2.05, 4.69) is 4.72 Å². The minimum absolute atomic E-state index is 0.0216. The first-order valence-corrected chi connectivity index (χ1v) is 27.7. The average Bonchev–Trinajstić information content (AvgIpc) is 4.17. The van der Waals surface area contributed by atoms with Crippen LogP contribution in [-0.2, 0) is 67.2 Å². The standard InChI is InChI=1S/C54H84N2O16S/c1-12-69-47(58)31-73(65,66)55-42-29-41-22-20-37(7)54(64,72-41)51(61)52(62)56(9)38(8)53(63)71-45(35(5)27-39-21-25-44(46(28-39)67-10)70-40-23-24-40)30-43(57)34(4)26-36(6)49(60)50(68-11)48(59)33(3)19-17-15-13-14-16-18-32(42)2/h13-16,18,26,33-35,37-42,44-46,49-50,55,60,64H,12,17,19-25,27-31H2,1-11H3/b15-13-,16-14-,32-18-,36-26-/t33?,34?,35-,37+,38?,39+,41-,42?,44-,45?,46-,49?,50?,54+/m1/s1. The fourth-order valence-electron chi connectivity index (χ4n) is 9.84. The number of nitrogens with zero attached hydrogens (tertiary/aromatic N) is 1. The number of carbonyl (C=O) groups is 6. The van der Waals surface area contributed by atoms with Gasteiger partial charge in [0.2, 0.25) is 15.8 Å². The van der Waals surface area contributed by atoms with Crippen molar-refractivity contribution in [2.45, 2.75) is 193 Å². The minimum Gasteiger partial charge on any atom is -0.465 e. The zero-order chi connectivity index (χ0) is 54.4. The lowest BCUT2D eigenvalue weighted by molar-refractivity contribution is -0.263. The van der Waals surface area contributed by atoms with Crippen molar-refractivity contribution < 1.29 is 75.8 Å². The summed E-state index contributed by atoms with van der Waals surface area (Å²) in [5.41, 5.74) is 0.836. The Hall–Kier alpha value is -3.95. The molecule has 0 spiro atoms. The lowest BCUT2D eigenvalue weighted by atomic mass is 9.78. The number of carbonyl (C=O) groups excluding carboxylic acids is 6. The van der Waals surface area contributed by atoms with Crippen LogP contribution in [0.15, 0.2) is 47.6 Å². The van der Waals surface area contributed by atoms with Crippen molar-refractivity contribution in [3.05, 3.63) is 47.6 Å². The number of rotatable bonds is 12. The maximum absolute atomic E-state index is 14.2. The highest BCUT2D eigenvalue weighted by molar-refractivity contribution is 7.90. The molecule has 14 atom stereocenters. The number of allylic oxidation sites excluding steroid dienone is 6. The number of aliphatic hydroxyl groups is 2. The quantitative estimate of drug-likeness (QED) is 0.125. The molecule has 3 fully saturated rings. The number of likely N-dealkylation sites (N-methyl/N-ethyl adjacent to an activating group) is 1. The number of cyclic esters (lactones) is 1. The molecular weight excluding hydrogens is 965 g/mol. The van der Waals surface area contributed by atoms with Crippen LogP contribution in [0.25, 0.3) is 0 Å². The number of ketones is 3. The fraction of sp³-hybridized carbons (Fsp3) is 0.741. The summed E-state index contributed by atoms with van der Waals surface area (Å²) in [4.78, 5) is 83.3. The number of nitrogens with one attached hydrogen (secondary N) is 1. The smallest absolute Gasteiger partial charge is 0.328 e. The Morgan fingerprint density at radius 1 is 0.918 bits per heavy atom. The number of esters is 2. The number of ether oxygens (including phenoxy) is 6. The Balaban J connectivity index is 1.68. The van der Waals surface area contributed by atoms with Gasteiger partial charge in [-0.3, -0.25) is 24.0 Å². The molecule has 0 radical (unpaired) electrons. The fourth-order valence-corrected chi connectivity index (χ4v) is 11.0. The van der Waals surface area contributed by atoms with Crippen molar-refractivity contribution in [3.8, 4) is 0 Å². The molecule has 2 aliphatic heterocycles. The summed E-state index contributed by atoms with van der Waals surface area (Å²) in [5, 5.41) is 23.4. The van der Waals surface area contributed by atoms with E-state index < -0.39 is 99.4 Å². The number of hydrogen-bond donors (Lipinski definition) is 3. The minimum atomic E-state index is -4.28. The van der Waals surface area contributed by atoms with Crippen molar-refractivity contribution in [2.75, 3.05) is 33.6 Å². The monoisotopic (exact) mass is 1050 g/mol. The van der Waals surface area contributed by atoms with Crippen molar-refractivity contribution >= 4 is 45.2 Å². The maximum Gasteiger partial charge on any atom is 0.328 e. The molecule has 4 aliphatic rings. The highest BCUT2D eigenvalue weighted by Gasteiger charge is 2.52. The number of sulfonamides is 1. The van der Waals surface area contributed by atoms with Gasteiger partial charge in [0.25, 0.3) is 11.7 Å². The maximum atomic E-state index is 14.2. The molecule has 0 aromatic rings. The Kier molecular flexibility index (Phi) is 23.8. The zero-order valence-corrected chi connectivity index (χ0v) is 45.7. The zero-order valence-electron chi connectivity index (χ0n) is 44.9. The summed E-state index contributed by atoms with van der Waals surface area (Å²) in [7, 11) is -0.0520. The second-order valence-electron chi connectivity index (χ2n) is 20.9. The third-order valence-corrected chi connectivity index (χ3v) is 16.3. The van der Waals surface area contributed by atoms with Gasteiger partial charge < -0.3 is 43.5 Å². The van der Waals surface area contributed by atoms with Gasteiger partial charge in [-0.05, 0) is 116 Å². The van der Waals surface area contributed by atoms with Crippen molar-refractivity contribution in [1.82, 2.24) is 9.62 Å². The summed E-state index contributed by atoms with van der Waals surface area (Å²) in [6.45, 7) is 13.0. The van der Waals surface area contributed by atoms with Gasteiger partial charge in [0, 0.05) is 51.5 Å². The molecule has 18 nitrogen and oxygen atoms in total. The molecule has 7 unspecified atom stereocenters. The predicted molar refractivity (Wildman–Crippen MR) is 272 cm³/mol. The van der Waals surface area contributed by atoms with Crippen LogP contribution in [0.1, 0.15) is 132 Å². The number of aliphatic hydroxyl groups excluding tert-OH is 1. The molecule has 2 aliphatic carbocycles. The van der Waals surface area contributed by atoms with E-state index in [4.69, 9.17) is 28.4 Å². The predicted octanol–water partition coefficient (Wildman–Crippen LogP) is 5.42. The molecule has 0 aromatic heterocycles. The average molecular weight is 1050 g/mol. The van der Waals surface area contributed by atoms with Crippen LogP contribution in [0.2, 0.25) is 0 Å². The number of Topliss-reactive ketones (excluding diaryl/α,β-unsaturated/α-hetero) is 3. The molecular formula is C54H84N2O16S. The van der Waals surface area contributed by atoms with Crippen LogP contribution in [0.4, 0.5) is 0 Å². The van der Waals surface area contributed by atoms with Gasteiger partial charge in [0.05, 0.1) is 31.0 Å². The molecule has 4 rings (SSSR count). The second kappa shape index (κ2) is 28.3. The summed E-state index contributed by atoms with van der Waals surface area (Å²) in [6.07, 6.45) is 11.9. The van der Waals surface area contributed by atoms with E-state index in [1.54, 1.807) is 79.0 Å². The molecule has 2 heterocycles. The van der Waals surface area contributed by atoms with Crippen molar-refractivity contribution in [3.63, 3.8) is 0 Å². The first kappa shape index (κ1) is 61.6. The lowest BCUT2D eigenvalue weighted by Crippen LogP contribution is -2.59. The third-order valence-electron chi connectivity index (χ3n) is 15.0. The third kappa shape index (κ3) is 17.8. The SMILES string of the molecule is CCOC(=O)CS(=O)(=O)NC1C[C@H]2CC[C@H](C)[C@](O)(O2)C(=O)C(=O)N(C)C(C)C(=O)OC([C@H](C)C[C@@H]2CC[C@@H](OC3CC3)[C@H](OC)C2)CC(=O)C(C)/C=C(/C)C(O)C(OC)C(=O)C(C)CC\C=C/C=C\C=C/1C. The van der Waals surface area contributed by atoms with Gasteiger partial charge >= 0.3 is 11.9 Å². The summed E-state index contributed by atoms with van der Waals surface area (Å²) >= 11 is 0. The van der Waals surface area contributed by atoms with Crippen LogP contribution in [0.3, 0.4) is 0 Å². The molecule has 19 heteroatoms. The largest absolute Gasteiger partial charge is 0.465 e. The number of methoxy groups -OCH3 is 2. The van der Waals surface area contributed by atoms with Crippen LogP contribution in [0.5, 0.6) is 0 Å². The van der Waals surface area contributed by atoms with E-state index in [9.17, 15) is 47.4 Å². The number of fused-ring (bicyclic) bond motifs is 2. The van der Waals surface area contributed by atoms with E-state index in [0.29, 0.717) is 36.8 Å². The topological polar surface area (TPSA) is 248 Å². The highest BCUT2D eigenvalue weighted by atomic mass is 32.2. The molecule has 1 amide bonds. The van der Waals surface area contributed by atoms with Gasteiger partial charge in [0.15, 0.2) is 11.5 Å². The highest BCUT2D eigenvalue weighted by Crippen LogP contribution is 2.39. The van der Waals surface area contributed by atoms with Gasteiger partial charge in [-0.1, -0.05) is 69.7 Å². The van der Waals surface area contributed by atoms with Crippen molar-refractivity contribution in [1.29, 1.82) is 0 Å². The molecule has 1 saturated heterocycles. The second-order valence-corrected chi connectivity index (χ2v) is 22.7. The lowest BCUT2D eigenvalue weighted by Gasteiger charge is -2.42. The Bertz CT molecular complexity index is 2150. The van der Waals surface area contributed by atoms with Gasteiger partial charge in [-0.2, -0.15) is 0 Å². The summed E-state index contributed by atoms with van der Waals surface area (Å²) in [5.74, 6) is -11.1. The van der Waals surface area contributed by atoms with Crippen LogP contribution < -0.4 is 4.72 Å². The molecule has 0 aromatic carbocycles. The Morgan fingerprint density at radius 2 is 1.62 bits per heavy atom. The van der Waals surface area contributed by atoms with E-state index in [-0.39, 0.29) is 74.0 Å². The van der Waals surface area contributed by atoms with Crippen molar-refractivity contribution in [2.24, 2.45) is 29.6 Å². The molecule has 2 bridgehead atoms. The number of amides is 1. The van der Waals surface area contributed by atoms with Crippen LogP contribution in [-0.4, -0.2) is 153 Å². The Labute approximate surface area is 433 Å². The van der Waals surface area contributed by atoms with Gasteiger partial charge in [0.1, 0.15) is 30.1 Å². The van der Waals surface area contributed by atoms with Gasteiger partial charge in [-0.15, -0.1) is 0 Å². The molecule has 412 valence electrons. The first-order chi connectivity index (χ1) is 34.4. The van der Waals surface area contributed by atoms with Crippen LogP contribution >= 0.6 is 0 Å². The first-order valence-electron chi connectivity index (χ1n) is 26.1. The summed E-state index contributed by atoms with van der Waals surface area (Å²) < 4.78 is 63.8. The molecule has 2 saturated carbocycles. The summed E-state index contributed by atoms with van der Waals surface area (Å²) in [6, 6.07) is -2.38. The van der Waals surface area contributed by atoms with E-state index in [1.807, 2.05) is 13.0 Å². The van der Waals surface area contributed by atoms with E-state index >= 15 is 0 Å². The Morgan fingerprint density at radius 3 is 2.26 bits per heavy atom. The number of hydrogen-bond acceptors (Lipinski definition) is 16. The molecule has 3 N–H and O–H groups in total. The molecule has 73 heavy (non-hydrogen) atoms. The van der Waals surface area contributed by atoms with E-state index in [1.165, 1.54) is 21.1 Å². The van der Waals surface area contributed by atoms with E-state index in [0.717, 1.165) is 30.6 Å². The normalized spacial score (nSPS) is 36.5. The van der Waals surface area contributed by atoms with Gasteiger partial charge in [-0.25, -0.2) is 17.9 Å². The van der Waals surface area contributed by atoms with Crippen LogP contribution in [0, 0.1) is 29.6 Å².